The van der Waals surface area contributed by atoms with Gasteiger partial charge in [-0.1, -0.05) is 12.1 Å². The van der Waals surface area contributed by atoms with Gasteiger partial charge in [-0.2, -0.15) is 0 Å². The van der Waals surface area contributed by atoms with E-state index >= 15 is 0 Å². The SMILES string of the molecule is CC(C)N1CCC(Nc2ccc(CN(C)C)cc2)C1. The number of anilines is 1. The first kappa shape index (κ1) is 14.4. The van der Waals surface area contributed by atoms with E-state index in [4.69, 9.17) is 0 Å². The molecule has 3 heteroatoms. The fourth-order valence-corrected chi connectivity index (χ4v) is 2.68. The van der Waals surface area contributed by atoms with Crippen LogP contribution in [-0.2, 0) is 6.54 Å². The summed E-state index contributed by atoms with van der Waals surface area (Å²) in [4.78, 5) is 4.73. The third kappa shape index (κ3) is 4.22. The van der Waals surface area contributed by atoms with Crippen LogP contribution in [-0.4, -0.2) is 49.1 Å². The Kier molecular flexibility index (Phi) is 4.83. The van der Waals surface area contributed by atoms with E-state index in [9.17, 15) is 0 Å². The predicted octanol–water partition coefficient (Wildman–Crippen LogP) is 2.64. The monoisotopic (exact) mass is 261 g/mol. The van der Waals surface area contributed by atoms with Crippen molar-refractivity contribution in [2.24, 2.45) is 0 Å². The summed E-state index contributed by atoms with van der Waals surface area (Å²) in [6.45, 7) is 7.94. The number of hydrogen-bond acceptors (Lipinski definition) is 3. The van der Waals surface area contributed by atoms with Gasteiger partial charge in [-0.3, -0.25) is 4.90 Å². The minimum atomic E-state index is 0.599. The van der Waals surface area contributed by atoms with Gasteiger partial charge in [0.1, 0.15) is 0 Å². The van der Waals surface area contributed by atoms with Crippen LogP contribution in [0.4, 0.5) is 5.69 Å². The molecule has 1 N–H and O–H groups in total. The number of benzene rings is 1. The summed E-state index contributed by atoms with van der Waals surface area (Å²) in [5, 5.41) is 3.65. The zero-order chi connectivity index (χ0) is 13.8. The van der Waals surface area contributed by atoms with Gasteiger partial charge in [-0.25, -0.2) is 0 Å². The Bertz CT molecular complexity index is 383. The lowest BCUT2D eigenvalue weighted by atomic mass is 10.2. The Labute approximate surface area is 117 Å². The molecule has 0 radical (unpaired) electrons. The Morgan fingerprint density at radius 3 is 2.47 bits per heavy atom. The number of nitrogens with one attached hydrogen (secondary N) is 1. The molecular weight excluding hydrogens is 234 g/mol. The Morgan fingerprint density at radius 2 is 1.95 bits per heavy atom. The molecule has 1 saturated heterocycles. The highest BCUT2D eigenvalue weighted by atomic mass is 15.2. The fraction of sp³-hybridized carbons (Fsp3) is 0.625. The molecule has 1 aromatic rings. The van der Waals surface area contributed by atoms with Gasteiger partial charge < -0.3 is 10.2 Å². The van der Waals surface area contributed by atoms with Crippen LogP contribution in [0.25, 0.3) is 0 Å². The minimum absolute atomic E-state index is 0.599. The van der Waals surface area contributed by atoms with Crippen molar-refractivity contribution in [3.8, 4) is 0 Å². The summed E-state index contributed by atoms with van der Waals surface area (Å²) < 4.78 is 0. The van der Waals surface area contributed by atoms with E-state index < -0.39 is 0 Å². The van der Waals surface area contributed by atoms with Crippen molar-refractivity contribution in [2.45, 2.75) is 38.9 Å². The summed E-state index contributed by atoms with van der Waals surface area (Å²) in [7, 11) is 4.20. The standard InChI is InChI=1S/C16H27N3/c1-13(2)19-10-9-16(12-19)17-15-7-5-14(6-8-15)11-18(3)4/h5-8,13,16-17H,9-12H2,1-4H3. The molecule has 1 atom stereocenters. The van der Waals surface area contributed by atoms with Gasteiger partial charge in [-0.15, -0.1) is 0 Å². The maximum Gasteiger partial charge on any atom is 0.0400 e. The largest absolute Gasteiger partial charge is 0.381 e. The van der Waals surface area contributed by atoms with Crippen LogP contribution in [0, 0.1) is 0 Å². The first-order valence-electron chi connectivity index (χ1n) is 7.29. The molecule has 106 valence electrons. The molecule has 0 saturated carbocycles. The molecule has 1 aliphatic rings. The van der Waals surface area contributed by atoms with Crippen molar-refractivity contribution in [1.29, 1.82) is 0 Å². The molecule has 1 aliphatic heterocycles. The van der Waals surface area contributed by atoms with Gasteiger partial charge in [0.05, 0.1) is 0 Å². The third-order valence-electron chi connectivity index (χ3n) is 3.77. The molecule has 0 spiro atoms. The zero-order valence-electron chi connectivity index (χ0n) is 12.7. The summed E-state index contributed by atoms with van der Waals surface area (Å²) in [6, 6.07) is 10.1. The third-order valence-corrected chi connectivity index (χ3v) is 3.77. The lowest BCUT2D eigenvalue weighted by molar-refractivity contribution is 0.274. The van der Waals surface area contributed by atoms with Gasteiger partial charge in [0, 0.05) is 37.4 Å². The van der Waals surface area contributed by atoms with Crippen LogP contribution in [0.2, 0.25) is 0 Å². The van der Waals surface area contributed by atoms with Crippen LogP contribution in [0.3, 0.4) is 0 Å². The second-order valence-electron chi connectivity index (χ2n) is 6.15. The van der Waals surface area contributed by atoms with Crippen LogP contribution in [0.1, 0.15) is 25.8 Å². The molecule has 19 heavy (non-hydrogen) atoms. The summed E-state index contributed by atoms with van der Waals surface area (Å²) in [5.41, 5.74) is 2.61. The van der Waals surface area contributed by atoms with Crippen molar-refractivity contribution in [3.63, 3.8) is 0 Å². The molecule has 0 amide bonds. The van der Waals surface area contributed by atoms with E-state index in [0.29, 0.717) is 12.1 Å². The minimum Gasteiger partial charge on any atom is -0.381 e. The molecule has 1 heterocycles. The molecule has 0 aromatic heterocycles. The van der Waals surface area contributed by atoms with Crippen LogP contribution >= 0.6 is 0 Å². The highest BCUT2D eigenvalue weighted by Gasteiger charge is 2.23. The van der Waals surface area contributed by atoms with Crippen LogP contribution < -0.4 is 5.32 Å². The van der Waals surface area contributed by atoms with E-state index in [1.165, 1.54) is 24.2 Å². The van der Waals surface area contributed by atoms with E-state index in [0.717, 1.165) is 13.1 Å². The normalized spacial score (nSPS) is 20.4. The number of rotatable bonds is 5. The molecule has 0 aliphatic carbocycles. The lowest BCUT2D eigenvalue weighted by Crippen LogP contribution is -2.31. The van der Waals surface area contributed by atoms with Crippen molar-refractivity contribution < 1.29 is 0 Å². The molecular formula is C16H27N3. The fourth-order valence-electron chi connectivity index (χ4n) is 2.68. The number of hydrogen-bond donors (Lipinski definition) is 1. The molecule has 1 aromatic carbocycles. The topological polar surface area (TPSA) is 18.5 Å². The second kappa shape index (κ2) is 6.40. The number of nitrogens with zero attached hydrogens (tertiary/aromatic N) is 2. The molecule has 2 rings (SSSR count). The van der Waals surface area contributed by atoms with Crippen LogP contribution in [0.5, 0.6) is 0 Å². The summed E-state index contributed by atoms with van der Waals surface area (Å²) in [6.07, 6.45) is 1.25. The molecule has 1 fully saturated rings. The maximum atomic E-state index is 3.65. The lowest BCUT2D eigenvalue weighted by Gasteiger charge is -2.21. The highest BCUT2D eigenvalue weighted by molar-refractivity contribution is 5.45. The van der Waals surface area contributed by atoms with Gasteiger partial charge >= 0.3 is 0 Å². The van der Waals surface area contributed by atoms with Gasteiger partial charge in [0.2, 0.25) is 0 Å². The first-order valence-corrected chi connectivity index (χ1v) is 7.29. The Hall–Kier alpha value is -1.06. The average Bonchev–Trinajstić information content (AvgIpc) is 2.80. The van der Waals surface area contributed by atoms with Gasteiger partial charge in [-0.05, 0) is 52.1 Å². The predicted molar refractivity (Wildman–Crippen MR) is 82.6 cm³/mol. The molecule has 0 bridgehead atoms. The van der Waals surface area contributed by atoms with Crippen molar-refractivity contribution in [2.75, 3.05) is 32.5 Å². The van der Waals surface area contributed by atoms with E-state index in [2.05, 4.69) is 67.3 Å². The van der Waals surface area contributed by atoms with Gasteiger partial charge in [0.15, 0.2) is 0 Å². The number of likely N-dealkylation sites (tertiary alicyclic amines) is 1. The zero-order valence-corrected chi connectivity index (χ0v) is 12.7. The Balaban J connectivity index is 1.86. The first-order chi connectivity index (χ1) is 9.04. The molecule has 3 nitrogen and oxygen atoms in total. The van der Waals surface area contributed by atoms with Gasteiger partial charge in [0.25, 0.3) is 0 Å². The quantitative estimate of drug-likeness (QED) is 0.879. The highest BCUT2D eigenvalue weighted by Crippen LogP contribution is 2.18. The summed E-state index contributed by atoms with van der Waals surface area (Å²) >= 11 is 0. The van der Waals surface area contributed by atoms with Crippen molar-refractivity contribution in [3.05, 3.63) is 29.8 Å². The summed E-state index contributed by atoms with van der Waals surface area (Å²) in [5.74, 6) is 0. The second-order valence-corrected chi connectivity index (χ2v) is 6.15. The Morgan fingerprint density at radius 1 is 1.26 bits per heavy atom. The van der Waals surface area contributed by atoms with Crippen LogP contribution in [0.15, 0.2) is 24.3 Å². The maximum absolute atomic E-state index is 3.65. The van der Waals surface area contributed by atoms with E-state index in [1.54, 1.807) is 0 Å². The van der Waals surface area contributed by atoms with Crippen molar-refractivity contribution in [1.82, 2.24) is 9.80 Å². The smallest absolute Gasteiger partial charge is 0.0400 e. The van der Waals surface area contributed by atoms with Crippen molar-refractivity contribution >= 4 is 5.69 Å². The molecule has 1 unspecified atom stereocenters. The van der Waals surface area contributed by atoms with E-state index in [1.807, 2.05) is 0 Å². The average molecular weight is 261 g/mol. The van der Waals surface area contributed by atoms with E-state index in [-0.39, 0.29) is 0 Å².